The van der Waals surface area contributed by atoms with Crippen molar-refractivity contribution < 1.29 is 19.4 Å². The number of aliphatic hydroxyl groups is 1. The zero-order valence-electron chi connectivity index (χ0n) is 22.6. The van der Waals surface area contributed by atoms with Crippen LogP contribution in [-0.4, -0.2) is 52.7 Å². The Bertz CT molecular complexity index is 1560. The number of halogens is 2. The number of piperidine rings is 1. The van der Waals surface area contributed by atoms with Gasteiger partial charge in [0.25, 0.3) is 5.91 Å². The first-order valence-corrected chi connectivity index (χ1v) is 14.1. The number of amides is 2. The second kappa shape index (κ2) is 12.0. The summed E-state index contributed by atoms with van der Waals surface area (Å²) in [7, 11) is 1.85. The SMILES string of the molecule is Cn1c(C(=O)N2CCC(C(N)=O)(c3ccccc3)CC2)cc(-c2ccc(Cl)cc2Cl)c1-c1ccc(OCCO)cc1. The Labute approximate surface area is 249 Å². The zero-order chi connectivity index (χ0) is 29.1. The fourth-order valence-electron chi connectivity index (χ4n) is 5.63. The number of ether oxygens (including phenoxy) is 1. The van der Waals surface area contributed by atoms with E-state index in [1.807, 2.05) is 78.3 Å². The van der Waals surface area contributed by atoms with Crippen molar-refractivity contribution in [3.05, 3.63) is 100 Å². The Morgan fingerprint density at radius 2 is 1.63 bits per heavy atom. The first-order chi connectivity index (χ1) is 19.7. The van der Waals surface area contributed by atoms with E-state index >= 15 is 0 Å². The second-order valence-electron chi connectivity index (χ2n) is 10.2. The van der Waals surface area contributed by atoms with Crippen molar-refractivity contribution in [3.63, 3.8) is 0 Å². The third kappa shape index (κ3) is 5.58. The van der Waals surface area contributed by atoms with E-state index in [9.17, 15) is 9.59 Å². The molecule has 0 saturated carbocycles. The predicted molar refractivity (Wildman–Crippen MR) is 161 cm³/mol. The number of carbonyl (C=O) groups excluding carboxylic acids is 2. The smallest absolute Gasteiger partial charge is 0.270 e. The van der Waals surface area contributed by atoms with Crippen molar-refractivity contribution in [2.75, 3.05) is 26.3 Å². The molecule has 4 aromatic rings. The number of aliphatic hydroxyl groups excluding tert-OH is 1. The molecule has 212 valence electrons. The maximum absolute atomic E-state index is 14.0. The molecular weight excluding hydrogens is 561 g/mol. The van der Waals surface area contributed by atoms with Gasteiger partial charge in [-0.1, -0.05) is 59.6 Å². The number of benzene rings is 3. The quantitative estimate of drug-likeness (QED) is 0.275. The highest BCUT2D eigenvalue weighted by molar-refractivity contribution is 6.36. The van der Waals surface area contributed by atoms with Crippen molar-refractivity contribution in [3.8, 4) is 28.1 Å². The molecule has 3 aromatic carbocycles. The third-order valence-electron chi connectivity index (χ3n) is 7.86. The molecule has 41 heavy (non-hydrogen) atoms. The van der Waals surface area contributed by atoms with Gasteiger partial charge in [-0.2, -0.15) is 0 Å². The zero-order valence-corrected chi connectivity index (χ0v) is 24.2. The lowest BCUT2D eigenvalue weighted by Gasteiger charge is -2.40. The fourth-order valence-corrected chi connectivity index (χ4v) is 6.14. The van der Waals surface area contributed by atoms with Crippen LogP contribution in [-0.2, 0) is 17.3 Å². The molecule has 7 nitrogen and oxygen atoms in total. The van der Waals surface area contributed by atoms with Crippen molar-refractivity contribution in [2.45, 2.75) is 18.3 Å². The number of nitrogens with two attached hydrogens (primary N) is 1. The molecule has 5 rings (SSSR count). The summed E-state index contributed by atoms with van der Waals surface area (Å²) < 4.78 is 7.40. The summed E-state index contributed by atoms with van der Waals surface area (Å²) in [4.78, 5) is 28.4. The Morgan fingerprint density at radius 1 is 0.951 bits per heavy atom. The van der Waals surface area contributed by atoms with Gasteiger partial charge in [-0.05, 0) is 66.4 Å². The number of carbonyl (C=O) groups is 2. The summed E-state index contributed by atoms with van der Waals surface area (Å²) in [6.07, 6.45) is 0.890. The van der Waals surface area contributed by atoms with Gasteiger partial charge in [0.05, 0.1) is 17.7 Å². The van der Waals surface area contributed by atoms with Crippen LogP contribution in [0.15, 0.2) is 78.9 Å². The van der Waals surface area contributed by atoms with Crippen LogP contribution in [0.1, 0.15) is 28.9 Å². The molecule has 3 N–H and O–H groups in total. The second-order valence-corrected chi connectivity index (χ2v) is 11.0. The Balaban J connectivity index is 1.50. The first kappa shape index (κ1) is 28.7. The summed E-state index contributed by atoms with van der Waals surface area (Å²) in [6.45, 7) is 0.911. The van der Waals surface area contributed by atoms with Crippen LogP contribution in [0.25, 0.3) is 22.4 Å². The van der Waals surface area contributed by atoms with Crippen LogP contribution in [0, 0.1) is 0 Å². The first-order valence-electron chi connectivity index (χ1n) is 13.4. The molecule has 0 spiro atoms. The summed E-state index contributed by atoms with van der Waals surface area (Å²) in [6, 6.07) is 24.2. The highest BCUT2D eigenvalue weighted by Crippen LogP contribution is 2.41. The monoisotopic (exact) mass is 591 g/mol. The van der Waals surface area contributed by atoms with Gasteiger partial charge in [-0.15, -0.1) is 0 Å². The van der Waals surface area contributed by atoms with Gasteiger partial charge in [-0.3, -0.25) is 9.59 Å². The van der Waals surface area contributed by atoms with E-state index in [1.54, 1.807) is 17.0 Å². The van der Waals surface area contributed by atoms with Gasteiger partial charge in [-0.25, -0.2) is 0 Å². The minimum atomic E-state index is -0.806. The van der Waals surface area contributed by atoms with Gasteiger partial charge in [0.2, 0.25) is 5.91 Å². The number of nitrogens with zero attached hydrogens (tertiary/aromatic N) is 2. The maximum Gasteiger partial charge on any atom is 0.270 e. The Kier molecular flexibility index (Phi) is 8.40. The number of hydrogen-bond acceptors (Lipinski definition) is 4. The van der Waals surface area contributed by atoms with E-state index < -0.39 is 5.41 Å². The van der Waals surface area contributed by atoms with Gasteiger partial charge in [0, 0.05) is 41.3 Å². The topological polar surface area (TPSA) is 97.8 Å². The highest BCUT2D eigenvalue weighted by atomic mass is 35.5. The lowest BCUT2D eigenvalue weighted by molar-refractivity contribution is -0.125. The van der Waals surface area contributed by atoms with Crippen LogP contribution >= 0.6 is 23.2 Å². The molecule has 2 heterocycles. The number of hydrogen-bond donors (Lipinski definition) is 2. The van der Waals surface area contributed by atoms with E-state index in [2.05, 4.69) is 0 Å². The van der Waals surface area contributed by atoms with Crippen LogP contribution < -0.4 is 10.5 Å². The van der Waals surface area contributed by atoms with Crippen molar-refractivity contribution in [2.24, 2.45) is 12.8 Å². The van der Waals surface area contributed by atoms with E-state index in [4.69, 9.17) is 38.8 Å². The average molecular weight is 593 g/mol. The molecule has 0 aliphatic carbocycles. The molecule has 1 saturated heterocycles. The van der Waals surface area contributed by atoms with Crippen molar-refractivity contribution >= 4 is 35.0 Å². The van der Waals surface area contributed by atoms with Crippen LogP contribution in [0.3, 0.4) is 0 Å². The molecular formula is C32H31Cl2N3O4. The highest BCUT2D eigenvalue weighted by Gasteiger charge is 2.42. The van der Waals surface area contributed by atoms with Crippen molar-refractivity contribution in [1.82, 2.24) is 9.47 Å². The van der Waals surface area contributed by atoms with E-state index in [1.165, 1.54) is 0 Å². The molecule has 1 fully saturated rings. The summed E-state index contributed by atoms with van der Waals surface area (Å²) >= 11 is 12.8. The Hall–Kier alpha value is -3.78. The van der Waals surface area contributed by atoms with Crippen LogP contribution in [0.5, 0.6) is 5.75 Å². The molecule has 0 unspecified atom stereocenters. The number of aromatic nitrogens is 1. The summed E-state index contributed by atoms with van der Waals surface area (Å²) in [5.74, 6) is 0.117. The number of primary amides is 1. The fraction of sp³-hybridized carbons (Fsp3) is 0.250. The van der Waals surface area contributed by atoms with Gasteiger partial charge in [0.1, 0.15) is 18.1 Å². The molecule has 1 aliphatic rings. The molecule has 1 aromatic heterocycles. The van der Waals surface area contributed by atoms with Crippen molar-refractivity contribution in [1.29, 1.82) is 0 Å². The predicted octanol–water partition coefficient (Wildman–Crippen LogP) is 5.70. The van der Waals surface area contributed by atoms with Crippen LogP contribution in [0.4, 0.5) is 0 Å². The minimum Gasteiger partial charge on any atom is -0.491 e. The number of rotatable bonds is 8. The Morgan fingerprint density at radius 3 is 2.24 bits per heavy atom. The molecule has 0 atom stereocenters. The molecule has 0 radical (unpaired) electrons. The average Bonchev–Trinajstić information content (AvgIpc) is 3.32. The van der Waals surface area contributed by atoms with E-state index in [-0.39, 0.29) is 25.0 Å². The molecule has 2 amide bonds. The van der Waals surface area contributed by atoms with Gasteiger partial charge in [0.15, 0.2) is 0 Å². The maximum atomic E-state index is 14.0. The van der Waals surface area contributed by atoms with Crippen LogP contribution in [0.2, 0.25) is 10.0 Å². The van der Waals surface area contributed by atoms with Gasteiger partial charge < -0.3 is 25.0 Å². The van der Waals surface area contributed by atoms with E-state index in [0.29, 0.717) is 47.4 Å². The lowest BCUT2D eigenvalue weighted by Crippen LogP contribution is -2.51. The minimum absolute atomic E-state index is 0.0767. The lowest BCUT2D eigenvalue weighted by atomic mass is 9.72. The number of likely N-dealkylation sites (tertiary alicyclic amines) is 1. The normalized spacial score (nSPS) is 14.6. The molecule has 0 bridgehead atoms. The van der Waals surface area contributed by atoms with Gasteiger partial charge >= 0.3 is 0 Å². The van der Waals surface area contributed by atoms with E-state index in [0.717, 1.165) is 27.9 Å². The third-order valence-corrected chi connectivity index (χ3v) is 8.41. The summed E-state index contributed by atoms with van der Waals surface area (Å²) in [5, 5.41) is 10.1. The molecule has 1 aliphatic heterocycles. The largest absolute Gasteiger partial charge is 0.491 e. The molecule has 9 heteroatoms. The summed E-state index contributed by atoms with van der Waals surface area (Å²) in [5.41, 5.74) is 9.68. The standard InChI is InChI=1S/C32H31Cl2N3O4/c1-36-28(30(39)37-15-13-32(14-16-37,31(35)40)22-5-3-2-4-6-22)20-26(25-12-9-23(33)19-27(25)34)29(36)21-7-10-24(11-8-21)41-18-17-38/h2-12,19-20,38H,13-18H2,1H3,(H2,35,40).